The lowest BCUT2D eigenvalue weighted by Crippen LogP contribution is -2.40. The number of nitrogens with zero attached hydrogens (tertiary/aromatic N) is 2. The summed E-state index contributed by atoms with van der Waals surface area (Å²) in [5, 5.41) is 9.37. The second-order valence-corrected chi connectivity index (χ2v) is 13.0. The molecule has 3 aromatic carbocycles. The number of carbonyl (C=O) groups excluding carboxylic acids is 2. The van der Waals surface area contributed by atoms with Crippen LogP contribution in [0.4, 0.5) is 11.4 Å². The molecule has 1 aliphatic rings. The number of aromatic nitrogens is 2. The monoisotopic (exact) mass is 669 g/mol. The molecule has 0 saturated carbocycles. The molecule has 1 aromatic heterocycles. The molecule has 3 N–H and O–H groups in total. The number of rotatable bonds is 11. The molecule has 4 aromatic rings. The summed E-state index contributed by atoms with van der Waals surface area (Å²) in [6, 6.07) is 11.6. The second-order valence-electron chi connectivity index (χ2n) is 13.0. The maximum absolute atomic E-state index is 14.0. The van der Waals surface area contributed by atoms with Gasteiger partial charge in [0.25, 0.3) is 0 Å². The van der Waals surface area contributed by atoms with Crippen molar-refractivity contribution in [2.45, 2.75) is 71.9 Å². The van der Waals surface area contributed by atoms with E-state index in [9.17, 15) is 14.4 Å². The molecule has 260 valence electrons. The van der Waals surface area contributed by atoms with Gasteiger partial charge < -0.3 is 34.7 Å². The van der Waals surface area contributed by atoms with Crippen LogP contribution in [0.2, 0.25) is 0 Å². The normalized spacial score (nSPS) is 15.0. The van der Waals surface area contributed by atoms with Crippen LogP contribution in [0.5, 0.6) is 17.2 Å². The van der Waals surface area contributed by atoms with Crippen molar-refractivity contribution in [1.29, 1.82) is 0 Å². The number of hydrogen-bond donors (Lipinski definition) is 3. The first-order chi connectivity index (χ1) is 23.4. The predicted octanol–water partition coefficient (Wildman–Crippen LogP) is 6.34. The van der Waals surface area contributed by atoms with Crippen molar-refractivity contribution in [3.05, 3.63) is 69.6 Å². The zero-order valence-corrected chi connectivity index (χ0v) is 29.8. The zero-order valence-electron chi connectivity index (χ0n) is 29.8. The number of hydrogen-bond acceptors (Lipinski definition) is 8. The van der Waals surface area contributed by atoms with Crippen molar-refractivity contribution in [2.24, 2.45) is 13.0 Å². The van der Waals surface area contributed by atoms with Gasteiger partial charge in [-0.25, -0.2) is 4.98 Å². The van der Waals surface area contributed by atoms with Gasteiger partial charge in [0.05, 0.1) is 44.1 Å². The van der Waals surface area contributed by atoms with Crippen LogP contribution in [-0.4, -0.2) is 48.7 Å². The molecule has 0 bridgehead atoms. The third-order valence-corrected chi connectivity index (χ3v) is 9.42. The van der Waals surface area contributed by atoms with E-state index in [4.69, 9.17) is 19.2 Å². The molecular formula is C38H47N5O6. The minimum Gasteiger partial charge on any atom is -0.493 e. The Kier molecular flexibility index (Phi) is 10.5. The van der Waals surface area contributed by atoms with Crippen LogP contribution < -0.4 is 35.6 Å². The molecule has 49 heavy (non-hydrogen) atoms. The van der Waals surface area contributed by atoms with Crippen molar-refractivity contribution in [2.75, 3.05) is 32.0 Å². The van der Waals surface area contributed by atoms with Crippen molar-refractivity contribution in [1.82, 2.24) is 14.9 Å². The van der Waals surface area contributed by atoms with E-state index < -0.39 is 12.1 Å². The van der Waals surface area contributed by atoms with Gasteiger partial charge in [-0.2, -0.15) is 0 Å². The lowest BCUT2D eigenvalue weighted by molar-refractivity contribution is -0.120. The van der Waals surface area contributed by atoms with Crippen LogP contribution in [0.1, 0.15) is 76.4 Å². The largest absolute Gasteiger partial charge is 0.493 e. The van der Waals surface area contributed by atoms with Crippen LogP contribution in [0, 0.1) is 5.92 Å². The molecule has 0 radical (unpaired) electrons. The topological polar surface area (TPSA) is 133 Å². The number of fused-ring (bicyclic) bond motifs is 4. The summed E-state index contributed by atoms with van der Waals surface area (Å²) in [5.41, 5.74) is 5.40. The van der Waals surface area contributed by atoms with E-state index >= 15 is 0 Å². The maximum atomic E-state index is 14.0. The molecule has 5 rings (SSSR count). The highest BCUT2D eigenvalue weighted by Gasteiger charge is 2.30. The molecule has 11 heteroatoms. The number of ether oxygens (including phenoxy) is 3. The molecule has 1 aliphatic carbocycles. The van der Waals surface area contributed by atoms with E-state index in [0.717, 1.165) is 28.0 Å². The Morgan fingerprint density at radius 1 is 1.00 bits per heavy atom. The van der Waals surface area contributed by atoms with E-state index in [1.54, 1.807) is 33.5 Å². The minimum atomic E-state index is -0.720. The summed E-state index contributed by atoms with van der Waals surface area (Å²) < 4.78 is 19.3. The molecular weight excluding hydrogens is 622 g/mol. The molecule has 0 aliphatic heterocycles. The van der Waals surface area contributed by atoms with E-state index in [2.05, 4.69) is 34.4 Å². The fourth-order valence-corrected chi connectivity index (χ4v) is 6.73. The number of carbonyl (C=O) groups is 2. The Bertz CT molecular complexity index is 1950. The molecule has 0 fully saturated rings. The molecule has 0 unspecified atom stereocenters. The molecule has 3 atom stereocenters. The Morgan fingerprint density at radius 2 is 1.73 bits per heavy atom. The van der Waals surface area contributed by atoms with Crippen LogP contribution >= 0.6 is 0 Å². The van der Waals surface area contributed by atoms with Crippen LogP contribution in [0.3, 0.4) is 0 Å². The van der Waals surface area contributed by atoms with E-state index in [-0.39, 0.29) is 34.8 Å². The van der Waals surface area contributed by atoms with Gasteiger partial charge in [-0.05, 0) is 71.8 Å². The highest BCUT2D eigenvalue weighted by atomic mass is 16.5. The third kappa shape index (κ3) is 6.93. The lowest BCUT2D eigenvalue weighted by atomic mass is 9.95. The van der Waals surface area contributed by atoms with Gasteiger partial charge in [-0.1, -0.05) is 40.2 Å². The first-order valence-electron chi connectivity index (χ1n) is 16.7. The molecule has 1 heterocycles. The van der Waals surface area contributed by atoms with Crippen molar-refractivity contribution in [3.8, 4) is 28.4 Å². The number of imidazole rings is 1. The van der Waals surface area contributed by atoms with Crippen LogP contribution in [0.15, 0.2) is 47.3 Å². The summed E-state index contributed by atoms with van der Waals surface area (Å²) in [4.78, 5) is 45.0. The summed E-state index contributed by atoms with van der Waals surface area (Å²) in [5.74, 6) is 2.06. The number of anilines is 2. The fraction of sp³-hybridized carbons (Fsp3) is 0.421. The van der Waals surface area contributed by atoms with Gasteiger partial charge in [0.1, 0.15) is 11.9 Å². The lowest BCUT2D eigenvalue weighted by Gasteiger charge is -2.24. The summed E-state index contributed by atoms with van der Waals surface area (Å²) in [6.07, 6.45) is 1.83. The Labute approximate surface area is 287 Å². The Balaban J connectivity index is 1.57. The number of aryl methyl sites for hydroxylation is 2. The van der Waals surface area contributed by atoms with Crippen LogP contribution in [0.25, 0.3) is 22.2 Å². The van der Waals surface area contributed by atoms with E-state index in [0.29, 0.717) is 53.3 Å². The highest BCUT2D eigenvalue weighted by Crippen LogP contribution is 2.50. The number of amides is 2. The molecule has 0 saturated heterocycles. The average Bonchev–Trinajstić information content (AvgIpc) is 3.23. The van der Waals surface area contributed by atoms with Gasteiger partial charge >= 0.3 is 0 Å². The van der Waals surface area contributed by atoms with E-state index in [1.165, 1.54) is 6.92 Å². The first-order valence-corrected chi connectivity index (χ1v) is 16.7. The second kappa shape index (κ2) is 14.6. The smallest absolute Gasteiger partial charge is 0.247 e. The maximum Gasteiger partial charge on any atom is 0.247 e. The van der Waals surface area contributed by atoms with Crippen molar-refractivity contribution < 1.29 is 23.8 Å². The van der Waals surface area contributed by atoms with E-state index in [1.807, 2.05) is 51.2 Å². The standard InChI is InChI=1S/C38H47N5O6/c1-10-21(4)34(38(46)40-24-12-16-30-29(18-24)42-37(20(2)3)43(30)6)41-28-15-13-25-26(19-31(28)45)27(39-22(5)44)14-11-23-17-32(47-7)35(48-8)36(49-9)33(23)25/h12-13,15-21,27,34H,10-11,14H2,1-9H3,(H,39,44)(H,40,46)(H,41,45)/t21-,27+,34+/m0/s1. The summed E-state index contributed by atoms with van der Waals surface area (Å²) in [6.45, 7) is 9.64. The molecule has 0 spiro atoms. The molecule has 11 nitrogen and oxygen atoms in total. The van der Waals surface area contributed by atoms with Gasteiger partial charge in [-0.15, -0.1) is 0 Å². The Morgan fingerprint density at radius 3 is 2.37 bits per heavy atom. The SMILES string of the molecule is CC[C@H](C)[C@@H](Nc1ccc2c(cc1=O)[C@H](NC(C)=O)CCc1cc(OC)c(OC)c(OC)c1-2)C(=O)Nc1ccc2c(c1)nc(C(C)C)n2C. The number of methoxy groups -OCH3 is 3. The van der Waals surface area contributed by atoms with Gasteiger partial charge in [0.2, 0.25) is 23.0 Å². The van der Waals surface area contributed by atoms with Gasteiger partial charge in [-0.3, -0.25) is 14.4 Å². The van der Waals surface area contributed by atoms with Crippen molar-refractivity contribution >= 4 is 34.2 Å². The highest BCUT2D eigenvalue weighted by molar-refractivity contribution is 5.98. The third-order valence-electron chi connectivity index (χ3n) is 9.42. The fourth-order valence-electron chi connectivity index (χ4n) is 6.73. The Hall–Kier alpha value is -5.06. The first kappa shape index (κ1) is 35.3. The van der Waals surface area contributed by atoms with Gasteiger partial charge in [0.15, 0.2) is 11.5 Å². The minimum absolute atomic E-state index is 0.112. The summed E-state index contributed by atoms with van der Waals surface area (Å²) in [7, 11) is 6.67. The molecule has 2 amide bonds. The summed E-state index contributed by atoms with van der Waals surface area (Å²) >= 11 is 0. The van der Waals surface area contributed by atoms with Gasteiger partial charge in [0, 0.05) is 31.1 Å². The predicted molar refractivity (Wildman–Crippen MR) is 193 cm³/mol. The van der Waals surface area contributed by atoms with Crippen molar-refractivity contribution in [3.63, 3.8) is 0 Å². The van der Waals surface area contributed by atoms with Crippen LogP contribution in [-0.2, 0) is 23.1 Å². The average molecular weight is 670 g/mol. The zero-order chi connectivity index (χ0) is 35.6. The number of nitrogens with one attached hydrogen (secondary N) is 3. The number of benzene rings is 2. The quantitative estimate of drug-likeness (QED) is 0.169.